The van der Waals surface area contributed by atoms with Crippen LogP contribution in [0.1, 0.15) is 113 Å². The summed E-state index contributed by atoms with van der Waals surface area (Å²) in [6, 6.07) is 0. The number of methoxy groups -OCH3 is 1. The molecule has 182 valence electrons. The van der Waals surface area contributed by atoms with Crippen molar-refractivity contribution in [3.63, 3.8) is 0 Å². The molecule has 0 N–H and O–H groups in total. The van der Waals surface area contributed by atoms with E-state index in [2.05, 4.69) is 61.5 Å². The summed E-state index contributed by atoms with van der Waals surface area (Å²) in [6.07, 6.45) is 15.8. The average molecular weight is 441 g/mol. The van der Waals surface area contributed by atoms with Crippen molar-refractivity contribution in [2.24, 2.45) is 56.7 Å². The molecule has 1 nitrogen and oxygen atoms in total. The Kier molecular flexibility index (Phi) is 5.21. The normalized spacial score (nSPS) is 54.3. The van der Waals surface area contributed by atoms with Gasteiger partial charge in [0.25, 0.3) is 0 Å². The predicted octanol–water partition coefficient (Wildman–Crippen LogP) is 8.68. The van der Waals surface area contributed by atoms with E-state index in [4.69, 9.17) is 4.74 Å². The van der Waals surface area contributed by atoms with E-state index < -0.39 is 0 Å². The molecule has 0 amide bonds. The second-order valence-corrected chi connectivity index (χ2v) is 14.9. The van der Waals surface area contributed by atoms with Crippen molar-refractivity contribution in [2.45, 2.75) is 119 Å². The molecule has 0 aromatic carbocycles. The van der Waals surface area contributed by atoms with Gasteiger partial charge in [0.15, 0.2) is 0 Å². The summed E-state index contributed by atoms with van der Waals surface area (Å²) in [6.45, 7) is 20.9. The SMILES string of the molecule is CO[C@H]1CC[C@]2(C)C3=CC[C@]4(C)[C@H]5CC[C@@H](C(C)C)[C@]5(C)CC[C@@]4(C)[C@@H]3CC[C@H]2C1(C)C. The first-order valence-corrected chi connectivity index (χ1v) is 14.1. The van der Waals surface area contributed by atoms with E-state index in [-0.39, 0.29) is 5.41 Å². The van der Waals surface area contributed by atoms with Gasteiger partial charge in [-0.2, -0.15) is 0 Å². The maximum atomic E-state index is 6.03. The van der Waals surface area contributed by atoms with Crippen molar-refractivity contribution in [1.82, 2.24) is 0 Å². The van der Waals surface area contributed by atoms with Crippen LogP contribution in [0, 0.1) is 56.7 Å². The van der Waals surface area contributed by atoms with Gasteiger partial charge in [-0.25, -0.2) is 0 Å². The lowest BCUT2D eigenvalue weighted by molar-refractivity contribution is -0.168. The fourth-order valence-electron chi connectivity index (χ4n) is 11.7. The number of hydrogen-bond donors (Lipinski definition) is 0. The fraction of sp³-hybridized carbons (Fsp3) is 0.935. The maximum absolute atomic E-state index is 6.03. The van der Waals surface area contributed by atoms with Crippen molar-refractivity contribution >= 4 is 0 Å². The van der Waals surface area contributed by atoms with Crippen LogP contribution < -0.4 is 0 Å². The minimum Gasteiger partial charge on any atom is -0.381 e. The minimum absolute atomic E-state index is 0.274. The van der Waals surface area contributed by atoms with E-state index >= 15 is 0 Å². The molecule has 0 heterocycles. The van der Waals surface area contributed by atoms with Gasteiger partial charge in [-0.1, -0.05) is 67.0 Å². The summed E-state index contributed by atoms with van der Waals surface area (Å²) >= 11 is 0. The number of rotatable bonds is 2. The molecular weight excluding hydrogens is 388 g/mol. The topological polar surface area (TPSA) is 9.23 Å². The molecule has 0 aromatic rings. The molecule has 0 saturated heterocycles. The van der Waals surface area contributed by atoms with Crippen molar-refractivity contribution in [2.75, 3.05) is 7.11 Å². The second kappa shape index (κ2) is 7.11. The molecule has 0 radical (unpaired) electrons. The number of fused-ring (bicyclic) bond motifs is 7. The molecule has 1 heteroatoms. The summed E-state index contributed by atoms with van der Waals surface area (Å²) in [7, 11) is 1.94. The lowest BCUT2D eigenvalue weighted by atomic mass is 9.35. The summed E-state index contributed by atoms with van der Waals surface area (Å²) in [5.41, 5.74) is 4.05. The lowest BCUT2D eigenvalue weighted by Gasteiger charge is -2.69. The van der Waals surface area contributed by atoms with Gasteiger partial charge in [0.1, 0.15) is 0 Å². The zero-order valence-corrected chi connectivity index (χ0v) is 22.8. The van der Waals surface area contributed by atoms with Gasteiger partial charge in [-0.15, -0.1) is 0 Å². The molecular formula is C31H52O. The first-order valence-electron chi connectivity index (χ1n) is 14.1. The van der Waals surface area contributed by atoms with Gasteiger partial charge < -0.3 is 4.74 Å². The van der Waals surface area contributed by atoms with Gasteiger partial charge in [0.2, 0.25) is 0 Å². The van der Waals surface area contributed by atoms with E-state index in [1.165, 1.54) is 57.8 Å². The molecule has 0 aromatic heterocycles. The Morgan fingerprint density at radius 3 is 2.16 bits per heavy atom. The van der Waals surface area contributed by atoms with Crippen LogP contribution in [0.2, 0.25) is 0 Å². The van der Waals surface area contributed by atoms with Crippen LogP contribution in [0.4, 0.5) is 0 Å². The highest BCUT2D eigenvalue weighted by molar-refractivity contribution is 5.33. The van der Waals surface area contributed by atoms with Crippen LogP contribution >= 0.6 is 0 Å². The first-order chi connectivity index (χ1) is 14.9. The molecule has 0 unspecified atom stereocenters. The number of hydrogen-bond acceptors (Lipinski definition) is 1. The van der Waals surface area contributed by atoms with E-state index in [9.17, 15) is 0 Å². The number of allylic oxidation sites excluding steroid dienone is 2. The average Bonchev–Trinajstić information content (AvgIpc) is 3.08. The van der Waals surface area contributed by atoms with Gasteiger partial charge in [-0.05, 0) is 114 Å². The van der Waals surface area contributed by atoms with Gasteiger partial charge in [0, 0.05) is 7.11 Å². The Labute approximate surface area is 199 Å². The Morgan fingerprint density at radius 2 is 1.50 bits per heavy atom. The van der Waals surface area contributed by atoms with E-state index in [0.29, 0.717) is 27.8 Å². The first kappa shape index (κ1) is 23.4. The Morgan fingerprint density at radius 1 is 0.812 bits per heavy atom. The van der Waals surface area contributed by atoms with Crippen molar-refractivity contribution in [1.29, 1.82) is 0 Å². The molecule has 32 heavy (non-hydrogen) atoms. The molecule has 4 fully saturated rings. The molecule has 0 aliphatic heterocycles. The largest absolute Gasteiger partial charge is 0.381 e. The Balaban J connectivity index is 1.54. The molecule has 9 atom stereocenters. The zero-order chi connectivity index (χ0) is 23.3. The molecule has 4 saturated carbocycles. The Bertz CT molecular complexity index is 792. The molecule has 5 rings (SSSR count). The minimum atomic E-state index is 0.274. The summed E-state index contributed by atoms with van der Waals surface area (Å²) in [5.74, 6) is 4.23. The molecule has 5 aliphatic carbocycles. The van der Waals surface area contributed by atoms with Crippen molar-refractivity contribution < 1.29 is 4.74 Å². The van der Waals surface area contributed by atoms with E-state index in [1.807, 2.05) is 12.7 Å². The van der Waals surface area contributed by atoms with Gasteiger partial charge in [-0.3, -0.25) is 0 Å². The van der Waals surface area contributed by atoms with Gasteiger partial charge in [0.05, 0.1) is 6.10 Å². The standard InChI is InChI=1S/C31H52O/c1-20(2)21-10-13-25-29(21,6)18-19-30(7)23-11-12-24-27(3,4)26(32-9)15-16-28(24,5)22(23)14-17-31(25,30)8/h14,20-21,23-26H,10-13,15-19H2,1-9H3/t21-,23+,24-,25-,26-,28+,29-,30-,31+/m0/s1. The van der Waals surface area contributed by atoms with Crippen LogP contribution in [0.3, 0.4) is 0 Å². The van der Waals surface area contributed by atoms with E-state index in [1.54, 1.807) is 0 Å². The van der Waals surface area contributed by atoms with Crippen LogP contribution in [-0.2, 0) is 4.74 Å². The summed E-state index contributed by atoms with van der Waals surface area (Å²) < 4.78 is 6.03. The third-order valence-corrected chi connectivity index (χ3v) is 13.5. The van der Waals surface area contributed by atoms with Crippen LogP contribution in [0.5, 0.6) is 0 Å². The third kappa shape index (κ3) is 2.67. The monoisotopic (exact) mass is 440 g/mol. The zero-order valence-electron chi connectivity index (χ0n) is 22.8. The third-order valence-electron chi connectivity index (χ3n) is 13.5. The quantitative estimate of drug-likeness (QED) is 0.390. The maximum Gasteiger partial charge on any atom is 0.0625 e. The number of ether oxygens (including phenoxy) is 1. The van der Waals surface area contributed by atoms with Gasteiger partial charge >= 0.3 is 0 Å². The van der Waals surface area contributed by atoms with Crippen molar-refractivity contribution in [3.05, 3.63) is 11.6 Å². The predicted molar refractivity (Wildman–Crippen MR) is 135 cm³/mol. The van der Waals surface area contributed by atoms with Crippen molar-refractivity contribution in [3.8, 4) is 0 Å². The smallest absolute Gasteiger partial charge is 0.0625 e. The molecule has 5 aliphatic rings. The van der Waals surface area contributed by atoms with Crippen LogP contribution in [-0.4, -0.2) is 13.2 Å². The van der Waals surface area contributed by atoms with Crippen LogP contribution in [0.25, 0.3) is 0 Å². The Hall–Kier alpha value is -0.300. The van der Waals surface area contributed by atoms with Crippen LogP contribution in [0.15, 0.2) is 11.6 Å². The highest BCUT2D eigenvalue weighted by Crippen LogP contribution is 2.76. The lowest BCUT2D eigenvalue weighted by Crippen LogP contribution is -2.62. The molecule has 0 bridgehead atoms. The summed E-state index contributed by atoms with van der Waals surface area (Å²) in [5, 5.41) is 0. The fourth-order valence-corrected chi connectivity index (χ4v) is 11.7. The second-order valence-electron chi connectivity index (χ2n) is 14.9. The summed E-state index contributed by atoms with van der Waals surface area (Å²) in [4.78, 5) is 0. The van der Waals surface area contributed by atoms with E-state index in [0.717, 1.165) is 29.6 Å². The highest BCUT2D eigenvalue weighted by atomic mass is 16.5. The molecule has 0 spiro atoms. The highest BCUT2D eigenvalue weighted by Gasteiger charge is 2.68.